The molecule has 4 rings (SSSR count). The van der Waals surface area contributed by atoms with Gasteiger partial charge in [0.25, 0.3) is 5.56 Å². The first-order valence-electron chi connectivity index (χ1n) is 10.3. The van der Waals surface area contributed by atoms with Gasteiger partial charge in [0.2, 0.25) is 5.91 Å². The Morgan fingerprint density at radius 3 is 2.76 bits per heavy atom. The lowest BCUT2D eigenvalue weighted by Gasteiger charge is -2.17. The number of carbonyl (C=O) groups excluding carboxylic acids is 2. The molecule has 0 bridgehead atoms. The summed E-state index contributed by atoms with van der Waals surface area (Å²) in [5.41, 5.74) is 1.42. The fraction of sp³-hybridized carbons (Fsp3) is 0.208. The van der Waals surface area contributed by atoms with E-state index in [4.69, 9.17) is 16.3 Å². The second-order valence-electron chi connectivity index (χ2n) is 7.30. The number of para-hydroxylation sites is 1. The molecule has 6 nitrogen and oxygen atoms in total. The second kappa shape index (κ2) is 9.72. The summed E-state index contributed by atoms with van der Waals surface area (Å²) in [6, 6.07) is 11.8. The largest absolute Gasteiger partial charge is 0.463 e. The van der Waals surface area contributed by atoms with Gasteiger partial charge in [-0.3, -0.25) is 14.2 Å². The van der Waals surface area contributed by atoms with Gasteiger partial charge in [-0.25, -0.2) is 9.18 Å². The van der Waals surface area contributed by atoms with Gasteiger partial charge >= 0.3 is 5.97 Å². The number of hydrogen-bond acceptors (Lipinski definition) is 5. The number of halogens is 2. The minimum Gasteiger partial charge on any atom is -0.463 e. The molecule has 0 radical (unpaired) electrons. The van der Waals surface area contributed by atoms with E-state index in [2.05, 4.69) is 0 Å². The quantitative estimate of drug-likeness (QED) is 0.520. The molecule has 1 aliphatic rings. The van der Waals surface area contributed by atoms with Gasteiger partial charge in [0, 0.05) is 17.8 Å². The van der Waals surface area contributed by atoms with Crippen molar-refractivity contribution in [3.8, 4) is 0 Å². The minimum absolute atomic E-state index is 0.0622. The number of benzene rings is 2. The Kier molecular flexibility index (Phi) is 6.76. The highest BCUT2D eigenvalue weighted by atomic mass is 35.5. The number of hydrogen-bond donors (Lipinski definition) is 0. The van der Waals surface area contributed by atoms with E-state index in [1.165, 1.54) is 34.9 Å². The average molecular weight is 487 g/mol. The lowest BCUT2D eigenvalue weighted by Crippen LogP contribution is -2.40. The summed E-state index contributed by atoms with van der Waals surface area (Å²) in [7, 11) is 0. The van der Waals surface area contributed by atoms with Gasteiger partial charge in [0.05, 0.1) is 22.2 Å². The Bertz CT molecular complexity index is 1390. The van der Waals surface area contributed by atoms with Gasteiger partial charge in [-0.15, -0.1) is 11.3 Å². The summed E-state index contributed by atoms with van der Waals surface area (Å²) in [6.45, 7) is 2.07. The van der Waals surface area contributed by atoms with E-state index in [1.807, 2.05) is 24.3 Å². The fourth-order valence-electron chi connectivity index (χ4n) is 3.68. The van der Waals surface area contributed by atoms with Crippen LogP contribution in [-0.4, -0.2) is 29.6 Å². The Balaban J connectivity index is 1.79. The van der Waals surface area contributed by atoms with Crippen LogP contribution in [0, 0.1) is 5.82 Å². The zero-order valence-corrected chi connectivity index (χ0v) is 19.3. The number of rotatable bonds is 5. The summed E-state index contributed by atoms with van der Waals surface area (Å²) in [6.07, 6.45) is 3.23. The molecular formula is C24H20ClFN2O4S. The second-order valence-corrected chi connectivity index (χ2v) is 8.77. The van der Waals surface area contributed by atoms with E-state index in [0.29, 0.717) is 6.54 Å². The summed E-state index contributed by atoms with van der Waals surface area (Å²) < 4.78 is 20.8. The fourth-order valence-corrected chi connectivity index (χ4v) is 4.91. The van der Waals surface area contributed by atoms with Gasteiger partial charge < -0.3 is 9.64 Å². The van der Waals surface area contributed by atoms with Crippen molar-refractivity contribution in [3.63, 3.8) is 0 Å². The number of nitrogens with zero attached hydrogens (tertiary/aromatic N) is 2. The summed E-state index contributed by atoms with van der Waals surface area (Å²) >= 11 is 7.07. The molecule has 33 heavy (non-hydrogen) atoms. The van der Waals surface area contributed by atoms with Gasteiger partial charge in [0.15, 0.2) is 0 Å². The van der Waals surface area contributed by atoms with E-state index in [0.717, 1.165) is 29.0 Å². The Morgan fingerprint density at radius 2 is 2.00 bits per heavy atom. The molecule has 170 valence electrons. The van der Waals surface area contributed by atoms with Crippen LogP contribution in [-0.2, 0) is 27.3 Å². The molecular weight excluding hydrogens is 467 g/mol. The Morgan fingerprint density at radius 1 is 1.21 bits per heavy atom. The van der Waals surface area contributed by atoms with Crippen molar-refractivity contribution in [2.45, 2.75) is 19.9 Å². The number of amides is 1. The molecule has 2 aromatic carbocycles. The minimum atomic E-state index is -0.637. The van der Waals surface area contributed by atoms with Crippen molar-refractivity contribution in [1.29, 1.82) is 0 Å². The van der Waals surface area contributed by atoms with Crippen molar-refractivity contribution in [2.75, 3.05) is 18.1 Å². The first-order valence-corrected chi connectivity index (χ1v) is 11.5. The molecule has 0 atom stereocenters. The number of aromatic nitrogens is 1. The van der Waals surface area contributed by atoms with Crippen LogP contribution >= 0.6 is 22.9 Å². The highest BCUT2D eigenvalue weighted by Gasteiger charge is 2.25. The number of anilines is 1. The molecule has 1 aliphatic heterocycles. The van der Waals surface area contributed by atoms with Crippen molar-refractivity contribution in [2.24, 2.45) is 0 Å². The first-order chi connectivity index (χ1) is 15.9. The zero-order chi connectivity index (χ0) is 23.5. The number of ether oxygens (including phenoxy) is 1. The molecule has 0 fully saturated rings. The lowest BCUT2D eigenvalue weighted by molar-refractivity contribution is -0.135. The van der Waals surface area contributed by atoms with Crippen molar-refractivity contribution in [3.05, 3.63) is 84.0 Å². The van der Waals surface area contributed by atoms with Gasteiger partial charge in [0.1, 0.15) is 17.0 Å². The van der Waals surface area contributed by atoms with E-state index in [9.17, 15) is 18.8 Å². The third-order valence-corrected chi connectivity index (χ3v) is 6.61. The standard InChI is InChI=1S/C24H20ClFN2O4S/c1-2-32-23(30)13-22-28(14-21(29)27-11-10-15-6-3-4-9-19(15)27)24(31)20(33-22)12-16-17(25)7-5-8-18(16)26/h3-9,12-13H,2,10-11,14H2,1H3. The number of carbonyl (C=O) groups is 2. The molecule has 9 heteroatoms. The molecule has 1 aromatic heterocycles. The zero-order valence-electron chi connectivity index (χ0n) is 17.7. The Hall–Kier alpha value is -3.23. The molecule has 1 amide bonds. The predicted octanol–water partition coefficient (Wildman–Crippen LogP) is 2.46. The molecule has 0 unspecified atom stereocenters. The lowest BCUT2D eigenvalue weighted by atomic mass is 10.2. The van der Waals surface area contributed by atoms with Crippen LogP contribution in [0.15, 0.2) is 47.3 Å². The molecule has 0 spiro atoms. The van der Waals surface area contributed by atoms with Gasteiger partial charge in [-0.05, 0) is 43.2 Å². The SMILES string of the molecule is CCOC(=O)C=c1sc(=Cc2c(F)cccc2Cl)c(=O)n1CC(=O)N1CCc2ccccc21. The number of thiazole rings is 1. The normalized spacial score (nSPS) is 14.0. The third-order valence-electron chi connectivity index (χ3n) is 5.22. The van der Waals surface area contributed by atoms with E-state index in [-0.39, 0.29) is 38.8 Å². The number of esters is 1. The molecule has 0 aliphatic carbocycles. The Labute approximate surface area is 197 Å². The monoisotopic (exact) mass is 486 g/mol. The van der Waals surface area contributed by atoms with Crippen LogP contribution in [0.4, 0.5) is 10.1 Å². The maximum absolute atomic E-state index is 14.3. The highest BCUT2D eigenvalue weighted by Crippen LogP contribution is 2.27. The van der Waals surface area contributed by atoms with Gasteiger partial charge in [-0.1, -0.05) is 35.9 Å². The van der Waals surface area contributed by atoms with Crippen molar-refractivity contribution in [1.82, 2.24) is 4.57 Å². The average Bonchev–Trinajstić information content (AvgIpc) is 3.33. The van der Waals surface area contributed by atoms with Crippen LogP contribution < -0.4 is 19.7 Å². The van der Waals surface area contributed by atoms with Crippen LogP contribution in [0.5, 0.6) is 0 Å². The van der Waals surface area contributed by atoms with E-state index < -0.39 is 17.3 Å². The van der Waals surface area contributed by atoms with Gasteiger partial charge in [-0.2, -0.15) is 0 Å². The predicted molar refractivity (Wildman–Crippen MR) is 126 cm³/mol. The third kappa shape index (κ3) is 4.77. The molecule has 0 saturated heterocycles. The topological polar surface area (TPSA) is 68.6 Å². The number of fused-ring (bicyclic) bond motifs is 1. The molecule has 0 saturated carbocycles. The maximum atomic E-state index is 14.3. The summed E-state index contributed by atoms with van der Waals surface area (Å²) in [5, 5.41) is 0.148. The van der Waals surface area contributed by atoms with E-state index in [1.54, 1.807) is 11.8 Å². The van der Waals surface area contributed by atoms with Crippen LogP contribution in [0.3, 0.4) is 0 Å². The van der Waals surface area contributed by atoms with E-state index >= 15 is 0 Å². The summed E-state index contributed by atoms with van der Waals surface area (Å²) in [4.78, 5) is 40.0. The summed E-state index contributed by atoms with van der Waals surface area (Å²) in [5.74, 6) is -1.50. The molecule has 0 N–H and O–H groups in total. The van der Waals surface area contributed by atoms with Crippen LogP contribution in [0.25, 0.3) is 12.2 Å². The highest BCUT2D eigenvalue weighted by molar-refractivity contribution is 7.07. The molecule has 2 heterocycles. The van der Waals surface area contributed by atoms with Crippen molar-refractivity contribution < 1.29 is 18.7 Å². The first kappa shape index (κ1) is 22.9. The molecule has 3 aromatic rings. The smallest absolute Gasteiger partial charge is 0.333 e. The van der Waals surface area contributed by atoms with Crippen molar-refractivity contribution >= 4 is 52.7 Å². The maximum Gasteiger partial charge on any atom is 0.333 e. The van der Waals surface area contributed by atoms with Crippen LogP contribution in [0.1, 0.15) is 18.1 Å². The van der Waals surface area contributed by atoms with Crippen LogP contribution in [0.2, 0.25) is 5.02 Å².